The number of hydrogen-bond acceptors (Lipinski definition) is 5. The zero-order valence-electron chi connectivity index (χ0n) is 14.1. The molecule has 0 aromatic heterocycles. The van der Waals surface area contributed by atoms with E-state index in [0.717, 1.165) is 18.2 Å². The predicted molar refractivity (Wildman–Crippen MR) is 89.6 cm³/mol. The van der Waals surface area contributed by atoms with Gasteiger partial charge < -0.3 is 9.26 Å². The van der Waals surface area contributed by atoms with Crippen molar-refractivity contribution in [2.24, 2.45) is 0 Å². The van der Waals surface area contributed by atoms with E-state index in [9.17, 15) is 32.2 Å². The first-order valence-corrected chi connectivity index (χ1v) is 8.87. The van der Waals surface area contributed by atoms with Crippen LogP contribution < -0.4 is 10.0 Å². The highest BCUT2D eigenvalue weighted by Gasteiger charge is 2.31. The second kappa shape index (κ2) is 8.06. The molecular formula is C16H14F4NO5P. The molecule has 1 atom stereocenters. The summed E-state index contributed by atoms with van der Waals surface area (Å²) in [6, 6.07) is 3.86. The number of alkyl halides is 3. The molecule has 0 heterocycles. The Labute approximate surface area is 151 Å². The summed E-state index contributed by atoms with van der Waals surface area (Å²) in [7, 11) is -2.97. The molecule has 6 nitrogen and oxygen atoms in total. The molecule has 2 aromatic rings. The largest absolute Gasteiger partial charge is 0.454 e. The van der Waals surface area contributed by atoms with E-state index < -0.39 is 41.9 Å². The second-order valence-corrected chi connectivity index (χ2v) is 6.76. The van der Waals surface area contributed by atoms with Gasteiger partial charge in [-0.1, -0.05) is 0 Å². The smallest absolute Gasteiger partial charge is 0.416 e. The first-order valence-electron chi connectivity index (χ1n) is 7.55. The van der Waals surface area contributed by atoms with Gasteiger partial charge in [0.25, 0.3) is 5.69 Å². The van der Waals surface area contributed by atoms with Crippen molar-refractivity contribution in [2.45, 2.75) is 20.0 Å². The van der Waals surface area contributed by atoms with Crippen LogP contribution in [0.15, 0.2) is 30.3 Å². The Hall–Kier alpha value is -2.45. The molecule has 1 unspecified atom stereocenters. The summed E-state index contributed by atoms with van der Waals surface area (Å²) in [4.78, 5) is 10.4. The average molecular weight is 407 g/mol. The van der Waals surface area contributed by atoms with Gasteiger partial charge in [-0.2, -0.15) is 13.2 Å². The van der Waals surface area contributed by atoms with Crippen molar-refractivity contribution in [3.8, 4) is 11.5 Å². The van der Waals surface area contributed by atoms with Gasteiger partial charge in [-0.05, 0) is 37.6 Å². The molecule has 0 saturated heterocycles. The summed E-state index contributed by atoms with van der Waals surface area (Å²) < 4.78 is 74.1. The molecule has 0 amide bonds. The van der Waals surface area contributed by atoms with Crippen molar-refractivity contribution in [3.05, 3.63) is 57.4 Å². The molecular weight excluding hydrogens is 393 g/mol. The minimum Gasteiger partial charge on any atom is -0.454 e. The van der Waals surface area contributed by atoms with E-state index in [1.807, 2.05) is 0 Å². The topological polar surface area (TPSA) is 78.7 Å². The van der Waals surface area contributed by atoms with Crippen molar-refractivity contribution in [1.82, 2.24) is 0 Å². The molecule has 0 N–H and O–H groups in total. The van der Waals surface area contributed by atoms with Gasteiger partial charge in [-0.3, -0.25) is 14.7 Å². The van der Waals surface area contributed by atoms with E-state index in [4.69, 9.17) is 9.26 Å². The third-order valence-corrected chi connectivity index (χ3v) is 4.86. The molecule has 27 heavy (non-hydrogen) atoms. The number of aryl methyl sites for hydroxylation is 1. The zero-order chi connectivity index (χ0) is 20.4. The van der Waals surface area contributed by atoms with Crippen LogP contribution in [0.1, 0.15) is 18.1 Å². The lowest BCUT2D eigenvalue weighted by Crippen LogP contribution is -2.09. The maximum Gasteiger partial charge on any atom is 0.416 e. The monoisotopic (exact) mass is 407 g/mol. The fourth-order valence-corrected chi connectivity index (χ4v) is 3.22. The Morgan fingerprint density at radius 2 is 1.85 bits per heavy atom. The minimum absolute atomic E-state index is 0.0482. The molecule has 0 aliphatic carbocycles. The lowest BCUT2D eigenvalue weighted by molar-refractivity contribution is -0.383. The standard InChI is InChI=1S/C16H14F4NO5P/c1-3-25-27(24)15-8-14(9(2)6-12(15)21(22)23)26-13-5-4-10(7-11(13)17)16(18,19)20/h4-8,27H,3H2,1-2H3. The summed E-state index contributed by atoms with van der Waals surface area (Å²) in [6.07, 6.45) is -4.72. The van der Waals surface area contributed by atoms with E-state index in [1.165, 1.54) is 6.92 Å². The molecule has 11 heteroatoms. The number of ether oxygens (including phenoxy) is 1. The SMILES string of the molecule is CCO[PH](=O)c1cc(Oc2ccc(C(F)(F)F)cc2F)c(C)cc1[N+](=O)[O-]. The first kappa shape index (κ1) is 20.9. The first-order chi connectivity index (χ1) is 12.5. The van der Waals surface area contributed by atoms with E-state index >= 15 is 0 Å². The normalized spacial score (nSPS) is 12.7. The Morgan fingerprint density at radius 3 is 2.37 bits per heavy atom. The fraction of sp³-hybridized carbons (Fsp3) is 0.250. The maximum absolute atomic E-state index is 14.0. The Balaban J connectivity index is 2.46. The molecule has 2 rings (SSSR count). The van der Waals surface area contributed by atoms with Crippen LogP contribution >= 0.6 is 8.03 Å². The van der Waals surface area contributed by atoms with E-state index in [2.05, 4.69) is 0 Å². The van der Waals surface area contributed by atoms with Crippen LogP contribution in [0, 0.1) is 22.9 Å². The summed E-state index contributed by atoms with van der Waals surface area (Å²) in [5.74, 6) is -1.86. The van der Waals surface area contributed by atoms with E-state index in [0.29, 0.717) is 6.07 Å². The second-order valence-electron chi connectivity index (χ2n) is 5.36. The lowest BCUT2D eigenvalue weighted by Gasteiger charge is -2.13. The Morgan fingerprint density at radius 1 is 1.19 bits per heavy atom. The van der Waals surface area contributed by atoms with Gasteiger partial charge in [0.15, 0.2) is 11.6 Å². The fourth-order valence-electron chi connectivity index (χ4n) is 2.18. The highest BCUT2D eigenvalue weighted by Crippen LogP contribution is 2.36. The number of benzene rings is 2. The predicted octanol–water partition coefficient (Wildman–Crippen LogP) is 4.99. The number of halogens is 4. The molecule has 0 spiro atoms. The van der Waals surface area contributed by atoms with Crippen LogP contribution in [0.5, 0.6) is 11.5 Å². The van der Waals surface area contributed by atoms with Gasteiger partial charge in [0.1, 0.15) is 11.1 Å². The Kier molecular flexibility index (Phi) is 6.22. The molecule has 0 aliphatic rings. The third kappa shape index (κ3) is 4.84. The number of nitro benzene ring substituents is 1. The van der Waals surface area contributed by atoms with Gasteiger partial charge in [0.05, 0.1) is 17.1 Å². The summed E-state index contributed by atoms with van der Waals surface area (Å²) >= 11 is 0. The summed E-state index contributed by atoms with van der Waals surface area (Å²) in [6.45, 7) is 3.02. The van der Waals surface area contributed by atoms with Gasteiger partial charge in [-0.25, -0.2) is 4.39 Å². The van der Waals surface area contributed by atoms with Crippen LogP contribution in [0.3, 0.4) is 0 Å². The lowest BCUT2D eigenvalue weighted by atomic mass is 10.2. The highest BCUT2D eigenvalue weighted by molar-refractivity contribution is 7.48. The minimum atomic E-state index is -4.72. The van der Waals surface area contributed by atoms with Gasteiger partial charge >= 0.3 is 6.18 Å². The maximum atomic E-state index is 14.0. The van der Waals surface area contributed by atoms with Crippen molar-refractivity contribution in [3.63, 3.8) is 0 Å². The number of nitrogens with zero attached hydrogens (tertiary/aromatic N) is 1. The van der Waals surface area contributed by atoms with Crippen molar-refractivity contribution >= 4 is 19.0 Å². The average Bonchev–Trinajstić information content (AvgIpc) is 2.57. The molecule has 0 aliphatic heterocycles. The van der Waals surface area contributed by atoms with Gasteiger partial charge in [0, 0.05) is 12.1 Å². The third-order valence-electron chi connectivity index (χ3n) is 3.46. The highest BCUT2D eigenvalue weighted by atomic mass is 31.1. The van der Waals surface area contributed by atoms with E-state index in [1.54, 1.807) is 6.92 Å². The van der Waals surface area contributed by atoms with Gasteiger partial charge in [0.2, 0.25) is 8.03 Å². The number of rotatable bonds is 6. The molecule has 0 fully saturated rings. The zero-order valence-corrected chi connectivity index (χ0v) is 15.1. The number of hydrogen-bond donors (Lipinski definition) is 0. The summed E-state index contributed by atoms with van der Waals surface area (Å²) in [5.41, 5.74) is -1.43. The number of nitro groups is 1. The van der Waals surface area contributed by atoms with Crippen LogP contribution in [0.4, 0.5) is 23.2 Å². The molecule has 0 radical (unpaired) electrons. The molecule has 0 bridgehead atoms. The van der Waals surface area contributed by atoms with Gasteiger partial charge in [-0.15, -0.1) is 0 Å². The molecule has 2 aromatic carbocycles. The van der Waals surface area contributed by atoms with Crippen LogP contribution in [0.2, 0.25) is 0 Å². The molecule has 0 saturated carbocycles. The quantitative estimate of drug-likeness (QED) is 0.292. The van der Waals surface area contributed by atoms with Crippen LogP contribution in [-0.2, 0) is 15.3 Å². The van der Waals surface area contributed by atoms with Crippen molar-refractivity contribution in [1.29, 1.82) is 0 Å². The summed E-state index contributed by atoms with van der Waals surface area (Å²) in [5, 5.41) is 10.9. The van der Waals surface area contributed by atoms with Crippen molar-refractivity contribution < 1.29 is 36.3 Å². The Bertz CT molecular complexity index is 901. The van der Waals surface area contributed by atoms with Crippen LogP contribution in [0.25, 0.3) is 0 Å². The van der Waals surface area contributed by atoms with Crippen molar-refractivity contribution in [2.75, 3.05) is 6.61 Å². The molecule has 146 valence electrons. The van der Waals surface area contributed by atoms with Crippen LogP contribution in [-0.4, -0.2) is 11.5 Å². The van der Waals surface area contributed by atoms with E-state index in [-0.39, 0.29) is 29.3 Å².